The molecule has 0 aliphatic carbocycles. The van der Waals surface area contributed by atoms with Gasteiger partial charge in [-0.05, 0) is 66.9 Å². The van der Waals surface area contributed by atoms with Crippen LogP contribution in [0.4, 0.5) is 10.1 Å². The highest BCUT2D eigenvalue weighted by atomic mass is 32.2. The van der Waals surface area contributed by atoms with Crippen LogP contribution in [-0.4, -0.2) is 39.9 Å². The third-order valence-corrected chi connectivity index (χ3v) is 7.85. The Morgan fingerprint density at radius 1 is 1.00 bits per heavy atom. The minimum atomic E-state index is -3.72. The fraction of sp³-hybridized carbons (Fsp3) is 0.231. The summed E-state index contributed by atoms with van der Waals surface area (Å²) in [5, 5.41) is 6.03. The fourth-order valence-corrected chi connectivity index (χ4v) is 5.71. The third-order valence-electron chi connectivity index (χ3n) is 6.52. The summed E-state index contributed by atoms with van der Waals surface area (Å²) in [6.45, 7) is 1.47. The highest BCUT2D eigenvalue weighted by molar-refractivity contribution is 7.90. The number of benzene rings is 3. The number of anilines is 1. The van der Waals surface area contributed by atoms with E-state index in [1.165, 1.54) is 18.2 Å². The second-order valence-corrected chi connectivity index (χ2v) is 10.3. The van der Waals surface area contributed by atoms with Gasteiger partial charge in [0.15, 0.2) is 5.84 Å². The average molecular weight is 494 g/mol. The molecule has 0 spiro atoms. The smallest absolute Gasteiger partial charge is 0.285 e. The molecule has 0 unspecified atom stereocenters. The highest BCUT2D eigenvalue weighted by Gasteiger charge is 2.35. The predicted molar refractivity (Wildman–Crippen MR) is 131 cm³/mol. The monoisotopic (exact) mass is 493 g/mol. The number of carbonyl (C=O) groups excluding carboxylic acids is 1. The van der Waals surface area contributed by atoms with Crippen LogP contribution in [0.3, 0.4) is 0 Å². The Bertz CT molecular complexity index is 1400. The van der Waals surface area contributed by atoms with Crippen LogP contribution in [-0.2, 0) is 20.2 Å². The first-order chi connectivity index (χ1) is 16.9. The summed E-state index contributed by atoms with van der Waals surface area (Å²) in [4.78, 5) is 13.1. The van der Waals surface area contributed by atoms with E-state index in [-0.39, 0.29) is 22.5 Å². The number of sulfonamides is 1. The number of nitrogens with one attached hydrogen (secondary N) is 2. The first-order valence-electron chi connectivity index (χ1n) is 11.3. The van der Waals surface area contributed by atoms with Crippen LogP contribution in [0.2, 0.25) is 0 Å². The van der Waals surface area contributed by atoms with Crippen LogP contribution in [0.5, 0.6) is 0 Å². The average Bonchev–Trinajstić information content (AvgIpc) is 3.13. The zero-order chi connectivity index (χ0) is 24.5. The largest absolute Gasteiger partial charge is 0.381 e. The second kappa shape index (κ2) is 9.24. The molecule has 0 bridgehead atoms. The summed E-state index contributed by atoms with van der Waals surface area (Å²) in [5.74, 6) is -0.302. The van der Waals surface area contributed by atoms with Crippen molar-refractivity contribution in [2.24, 2.45) is 4.40 Å². The summed E-state index contributed by atoms with van der Waals surface area (Å²) < 4.78 is 47.7. The summed E-state index contributed by atoms with van der Waals surface area (Å²) in [5.41, 5.74) is 2.03. The van der Waals surface area contributed by atoms with E-state index in [0.29, 0.717) is 49.4 Å². The van der Waals surface area contributed by atoms with Crippen molar-refractivity contribution in [1.82, 2.24) is 5.32 Å². The maximum Gasteiger partial charge on any atom is 0.285 e. The summed E-state index contributed by atoms with van der Waals surface area (Å²) in [6.07, 6.45) is 1.37. The molecule has 2 aliphatic heterocycles. The summed E-state index contributed by atoms with van der Waals surface area (Å²) in [6, 6.07) is 19.9. The number of halogens is 1. The molecule has 2 N–H and O–H groups in total. The van der Waals surface area contributed by atoms with Crippen LogP contribution < -0.4 is 10.6 Å². The Kier molecular flexibility index (Phi) is 6.12. The molecular weight excluding hydrogens is 469 g/mol. The lowest BCUT2D eigenvalue weighted by Gasteiger charge is -2.38. The van der Waals surface area contributed by atoms with E-state index in [2.05, 4.69) is 15.0 Å². The normalized spacial score (nSPS) is 17.8. The van der Waals surface area contributed by atoms with E-state index < -0.39 is 15.4 Å². The standard InChI is InChI=1S/C26H24FN3O4S/c27-20-5-3-4-19(16-20)26(12-14-34-15-13-26)17-28-25(31)18-8-10-21(11-9-18)29-24-22-6-1-2-7-23(22)35(32,33)30-24/h1-11,16H,12-15,17H2,(H,28,31)(H,29,30). The van der Waals surface area contributed by atoms with Gasteiger partial charge in [-0.3, -0.25) is 4.79 Å². The number of amidine groups is 1. The molecule has 2 heterocycles. The Labute approximate surface area is 203 Å². The quantitative estimate of drug-likeness (QED) is 0.563. The van der Waals surface area contributed by atoms with Crippen molar-refractivity contribution >= 4 is 27.5 Å². The van der Waals surface area contributed by atoms with Crippen molar-refractivity contribution in [1.29, 1.82) is 0 Å². The van der Waals surface area contributed by atoms with Gasteiger partial charge in [-0.25, -0.2) is 4.39 Å². The molecule has 0 saturated carbocycles. The SMILES string of the molecule is O=C(NCC1(c2cccc(F)c2)CCOCC1)c1ccc(NC2=NS(=O)(=O)c3ccccc32)cc1. The van der Waals surface area contributed by atoms with Gasteiger partial charge < -0.3 is 15.4 Å². The van der Waals surface area contributed by atoms with Gasteiger partial charge in [0.2, 0.25) is 0 Å². The van der Waals surface area contributed by atoms with E-state index in [0.717, 1.165) is 5.56 Å². The molecule has 35 heavy (non-hydrogen) atoms. The minimum Gasteiger partial charge on any atom is -0.381 e. The molecule has 9 heteroatoms. The second-order valence-electron chi connectivity index (χ2n) is 8.70. The minimum absolute atomic E-state index is 0.166. The summed E-state index contributed by atoms with van der Waals surface area (Å²) >= 11 is 0. The maximum atomic E-state index is 13.9. The Morgan fingerprint density at radius 3 is 2.49 bits per heavy atom. The molecule has 7 nitrogen and oxygen atoms in total. The van der Waals surface area contributed by atoms with Crippen molar-refractivity contribution in [3.8, 4) is 0 Å². The van der Waals surface area contributed by atoms with Gasteiger partial charge in [-0.1, -0.05) is 24.3 Å². The number of rotatable bonds is 5. The lowest BCUT2D eigenvalue weighted by molar-refractivity contribution is 0.0486. The number of nitrogens with zero attached hydrogens (tertiary/aromatic N) is 1. The van der Waals surface area contributed by atoms with E-state index in [1.54, 1.807) is 48.5 Å². The number of hydrogen-bond acceptors (Lipinski definition) is 5. The highest BCUT2D eigenvalue weighted by Crippen LogP contribution is 2.35. The molecule has 0 radical (unpaired) electrons. The molecule has 0 atom stereocenters. The first-order valence-corrected chi connectivity index (χ1v) is 12.7. The van der Waals surface area contributed by atoms with Crippen LogP contribution in [0, 0.1) is 5.82 Å². The van der Waals surface area contributed by atoms with Crippen LogP contribution in [0.1, 0.15) is 34.3 Å². The van der Waals surface area contributed by atoms with Crippen molar-refractivity contribution in [2.75, 3.05) is 25.1 Å². The Morgan fingerprint density at radius 2 is 1.74 bits per heavy atom. The van der Waals surface area contributed by atoms with E-state index in [1.807, 2.05) is 6.07 Å². The predicted octanol–water partition coefficient (Wildman–Crippen LogP) is 3.86. The van der Waals surface area contributed by atoms with Gasteiger partial charge in [0, 0.05) is 42.0 Å². The molecule has 1 fully saturated rings. The van der Waals surface area contributed by atoms with Crippen LogP contribution >= 0.6 is 0 Å². The molecule has 2 aliphatic rings. The van der Waals surface area contributed by atoms with Crippen LogP contribution in [0.25, 0.3) is 0 Å². The fourth-order valence-electron chi connectivity index (χ4n) is 4.54. The molecule has 0 aromatic heterocycles. The van der Waals surface area contributed by atoms with Crippen molar-refractivity contribution in [3.63, 3.8) is 0 Å². The lowest BCUT2D eigenvalue weighted by Crippen LogP contribution is -2.44. The van der Waals surface area contributed by atoms with Gasteiger partial charge >= 0.3 is 0 Å². The first kappa shape index (κ1) is 23.2. The van der Waals surface area contributed by atoms with Crippen LogP contribution in [0.15, 0.2) is 82.1 Å². The van der Waals surface area contributed by atoms with E-state index in [9.17, 15) is 17.6 Å². The number of carbonyl (C=O) groups is 1. The molecule has 1 saturated heterocycles. The van der Waals surface area contributed by atoms with Gasteiger partial charge in [0.05, 0.1) is 0 Å². The van der Waals surface area contributed by atoms with Crippen molar-refractivity contribution in [2.45, 2.75) is 23.2 Å². The number of ether oxygens (including phenoxy) is 1. The van der Waals surface area contributed by atoms with E-state index >= 15 is 0 Å². The molecule has 5 rings (SSSR count). The number of hydrogen-bond donors (Lipinski definition) is 2. The molecule has 3 aromatic rings. The van der Waals surface area contributed by atoms with Crippen molar-refractivity contribution < 1.29 is 22.3 Å². The molecule has 1 amide bonds. The molecular formula is C26H24FN3O4S. The van der Waals surface area contributed by atoms with Gasteiger partial charge in [0.25, 0.3) is 15.9 Å². The van der Waals surface area contributed by atoms with Gasteiger partial charge in [0.1, 0.15) is 10.7 Å². The number of fused-ring (bicyclic) bond motifs is 1. The van der Waals surface area contributed by atoms with E-state index in [4.69, 9.17) is 4.74 Å². The topological polar surface area (TPSA) is 96.9 Å². The lowest BCUT2D eigenvalue weighted by atomic mass is 9.74. The Hall–Kier alpha value is -3.56. The summed E-state index contributed by atoms with van der Waals surface area (Å²) in [7, 11) is -3.72. The van der Waals surface area contributed by atoms with Gasteiger partial charge in [-0.2, -0.15) is 8.42 Å². The maximum absolute atomic E-state index is 13.9. The van der Waals surface area contributed by atoms with Gasteiger partial charge in [-0.15, -0.1) is 4.40 Å². The van der Waals surface area contributed by atoms with Crippen molar-refractivity contribution in [3.05, 3.63) is 95.3 Å². The Balaban J connectivity index is 1.28. The third kappa shape index (κ3) is 4.69. The number of amides is 1. The zero-order valence-corrected chi connectivity index (χ0v) is 19.6. The zero-order valence-electron chi connectivity index (χ0n) is 18.8. The molecule has 180 valence electrons. The molecule has 3 aromatic carbocycles.